The third kappa shape index (κ3) is 2.94. The predicted molar refractivity (Wildman–Crippen MR) is 95.1 cm³/mol. The van der Waals surface area contributed by atoms with E-state index in [9.17, 15) is 9.90 Å². The second kappa shape index (κ2) is 6.52. The van der Waals surface area contributed by atoms with Crippen LogP contribution in [-0.4, -0.2) is 11.0 Å². The predicted octanol–water partition coefficient (Wildman–Crippen LogP) is 3.62. The number of carbonyl (C=O) groups excluding carboxylic acids is 1. The van der Waals surface area contributed by atoms with Gasteiger partial charge in [-0.1, -0.05) is 48.9 Å². The molecule has 0 bridgehead atoms. The number of hydrogen-bond acceptors (Lipinski definition) is 2. The van der Waals surface area contributed by atoms with Gasteiger partial charge >= 0.3 is 0 Å². The van der Waals surface area contributed by atoms with Crippen LogP contribution >= 0.6 is 0 Å². The first-order valence-electron chi connectivity index (χ1n) is 8.37. The number of H-pyrrole nitrogens is 1. The molecule has 0 spiro atoms. The number of aryl methyl sites for hydroxylation is 3. The summed E-state index contributed by atoms with van der Waals surface area (Å²) in [7, 11) is 0. The molecule has 3 heteroatoms. The van der Waals surface area contributed by atoms with Gasteiger partial charge in [-0.25, -0.2) is 0 Å². The number of hydrogen-bond donors (Lipinski definition) is 1. The summed E-state index contributed by atoms with van der Waals surface area (Å²) in [6.45, 7) is 6.21. The Bertz CT molecular complexity index is 892. The quantitative estimate of drug-likeness (QED) is 0.780. The monoisotopic (exact) mass is 320 g/mol. The Morgan fingerprint density at radius 1 is 1.17 bits per heavy atom. The first-order chi connectivity index (χ1) is 11.5. The SMILES string of the molecule is CCc1cccc2c([C@H](CC(=O)[O-])c3ccc(C)cc3C)c[nH]c12. The molecule has 2 aromatic carbocycles. The van der Waals surface area contributed by atoms with E-state index in [1.54, 1.807) is 0 Å². The number of fused-ring (bicyclic) bond motifs is 1. The van der Waals surface area contributed by atoms with Crippen molar-refractivity contribution in [2.45, 2.75) is 39.5 Å². The molecule has 0 saturated heterocycles. The Kier molecular flexibility index (Phi) is 4.43. The lowest BCUT2D eigenvalue weighted by Gasteiger charge is -2.20. The van der Waals surface area contributed by atoms with Gasteiger partial charge in [0.2, 0.25) is 0 Å². The number of carboxylic acid groups (broad SMARTS) is 1. The normalized spacial score (nSPS) is 12.5. The highest BCUT2D eigenvalue weighted by atomic mass is 16.4. The second-order valence-corrected chi connectivity index (χ2v) is 6.43. The van der Waals surface area contributed by atoms with Crippen LogP contribution in [0.4, 0.5) is 0 Å². The summed E-state index contributed by atoms with van der Waals surface area (Å²) < 4.78 is 0. The molecule has 0 unspecified atom stereocenters. The van der Waals surface area contributed by atoms with E-state index in [1.165, 1.54) is 11.1 Å². The minimum absolute atomic E-state index is 0.0206. The van der Waals surface area contributed by atoms with Crippen molar-refractivity contribution in [2.24, 2.45) is 0 Å². The molecule has 0 radical (unpaired) electrons. The highest BCUT2D eigenvalue weighted by Crippen LogP contribution is 2.36. The summed E-state index contributed by atoms with van der Waals surface area (Å²) in [5.74, 6) is -1.24. The molecule has 0 amide bonds. The lowest BCUT2D eigenvalue weighted by molar-refractivity contribution is -0.305. The number of para-hydroxylation sites is 1. The van der Waals surface area contributed by atoms with Gasteiger partial charge in [-0.3, -0.25) is 0 Å². The number of nitrogens with one attached hydrogen (secondary N) is 1. The fourth-order valence-corrected chi connectivity index (χ4v) is 3.59. The summed E-state index contributed by atoms with van der Waals surface area (Å²) in [4.78, 5) is 14.7. The molecule has 1 heterocycles. The van der Waals surface area contributed by atoms with E-state index in [4.69, 9.17) is 0 Å². The lowest BCUT2D eigenvalue weighted by atomic mass is 9.85. The first-order valence-corrected chi connectivity index (χ1v) is 8.37. The average molecular weight is 320 g/mol. The fourth-order valence-electron chi connectivity index (χ4n) is 3.59. The Balaban J connectivity index is 2.18. The average Bonchev–Trinajstić information content (AvgIpc) is 2.96. The minimum atomic E-state index is -1.03. The number of aliphatic carboxylic acids is 1. The van der Waals surface area contributed by atoms with E-state index in [-0.39, 0.29) is 12.3 Å². The molecule has 3 nitrogen and oxygen atoms in total. The van der Waals surface area contributed by atoms with Crippen molar-refractivity contribution in [3.8, 4) is 0 Å². The molecule has 3 aromatic rings. The zero-order chi connectivity index (χ0) is 17.3. The maximum Gasteiger partial charge on any atom is 0.0489 e. The highest BCUT2D eigenvalue weighted by Gasteiger charge is 2.20. The molecule has 0 aliphatic carbocycles. The maximum atomic E-state index is 11.4. The number of rotatable bonds is 5. The van der Waals surface area contributed by atoms with Crippen molar-refractivity contribution in [3.63, 3.8) is 0 Å². The van der Waals surface area contributed by atoms with Crippen LogP contribution in [0.15, 0.2) is 42.6 Å². The topological polar surface area (TPSA) is 55.9 Å². The third-order valence-electron chi connectivity index (χ3n) is 4.76. The van der Waals surface area contributed by atoms with Gasteiger partial charge < -0.3 is 14.9 Å². The zero-order valence-electron chi connectivity index (χ0n) is 14.3. The van der Waals surface area contributed by atoms with Crippen LogP contribution in [0, 0.1) is 13.8 Å². The van der Waals surface area contributed by atoms with Crippen LogP contribution in [0.1, 0.15) is 47.1 Å². The van der Waals surface area contributed by atoms with Crippen LogP contribution < -0.4 is 5.11 Å². The zero-order valence-corrected chi connectivity index (χ0v) is 14.3. The first kappa shape index (κ1) is 16.3. The number of aromatic amines is 1. The maximum absolute atomic E-state index is 11.4. The van der Waals surface area contributed by atoms with E-state index in [1.807, 2.05) is 38.2 Å². The molecule has 1 aromatic heterocycles. The van der Waals surface area contributed by atoms with Crippen molar-refractivity contribution in [1.82, 2.24) is 4.98 Å². The standard InChI is InChI=1S/C21H23NO2/c1-4-15-6-5-7-17-19(12-22-21(15)17)18(11-20(23)24)16-9-8-13(2)10-14(16)3/h5-10,12,18,22H,4,11H2,1-3H3,(H,23,24)/p-1/t18-/m1/s1. The van der Waals surface area contributed by atoms with Gasteiger partial charge in [0.1, 0.15) is 0 Å². The van der Waals surface area contributed by atoms with Gasteiger partial charge in [0.25, 0.3) is 0 Å². The van der Waals surface area contributed by atoms with Crippen LogP contribution in [0.5, 0.6) is 0 Å². The summed E-state index contributed by atoms with van der Waals surface area (Å²) >= 11 is 0. The van der Waals surface area contributed by atoms with Gasteiger partial charge in [-0.05, 0) is 48.9 Å². The molecular formula is C21H22NO2-. The Hall–Kier alpha value is -2.55. The molecule has 24 heavy (non-hydrogen) atoms. The summed E-state index contributed by atoms with van der Waals surface area (Å²) in [6.07, 6.45) is 2.87. The number of carboxylic acids is 1. The van der Waals surface area contributed by atoms with Crippen molar-refractivity contribution < 1.29 is 9.90 Å². The second-order valence-electron chi connectivity index (χ2n) is 6.43. The molecular weight excluding hydrogens is 298 g/mol. The molecule has 1 N–H and O–H groups in total. The largest absolute Gasteiger partial charge is 0.550 e. The number of benzene rings is 2. The third-order valence-corrected chi connectivity index (χ3v) is 4.76. The molecule has 3 rings (SSSR count). The molecule has 0 fully saturated rings. The van der Waals surface area contributed by atoms with Crippen molar-refractivity contribution in [2.75, 3.05) is 0 Å². The number of aromatic nitrogens is 1. The Morgan fingerprint density at radius 2 is 1.96 bits per heavy atom. The van der Waals surface area contributed by atoms with Gasteiger partial charge in [0.05, 0.1) is 0 Å². The Morgan fingerprint density at radius 3 is 2.62 bits per heavy atom. The van der Waals surface area contributed by atoms with Crippen LogP contribution in [-0.2, 0) is 11.2 Å². The van der Waals surface area contributed by atoms with Gasteiger partial charge in [0.15, 0.2) is 0 Å². The van der Waals surface area contributed by atoms with E-state index < -0.39 is 5.97 Å². The lowest BCUT2D eigenvalue weighted by Crippen LogP contribution is -2.25. The van der Waals surface area contributed by atoms with Crippen LogP contribution in [0.25, 0.3) is 10.9 Å². The Labute approximate surface area is 142 Å². The van der Waals surface area contributed by atoms with Crippen molar-refractivity contribution >= 4 is 16.9 Å². The molecule has 124 valence electrons. The van der Waals surface area contributed by atoms with E-state index in [0.717, 1.165) is 34.0 Å². The molecule has 0 saturated carbocycles. The van der Waals surface area contributed by atoms with Crippen LogP contribution in [0.3, 0.4) is 0 Å². The smallest absolute Gasteiger partial charge is 0.0489 e. The number of carbonyl (C=O) groups is 1. The van der Waals surface area contributed by atoms with Gasteiger partial charge in [-0.2, -0.15) is 0 Å². The van der Waals surface area contributed by atoms with Crippen molar-refractivity contribution in [3.05, 3.63) is 70.4 Å². The van der Waals surface area contributed by atoms with Gasteiger partial charge in [-0.15, -0.1) is 0 Å². The minimum Gasteiger partial charge on any atom is -0.550 e. The highest BCUT2D eigenvalue weighted by molar-refractivity contribution is 5.87. The van der Waals surface area contributed by atoms with Crippen molar-refractivity contribution in [1.29, 1.82) is 0 Å². The summed E-state index contributed by atoms with van der Waals surface area (Å²) in [6, 6.07) is 12.4. The molecule has 0 aliphatic heterocycles. The van der Waals surface area contributed by atoms with Crippen LogP contribution in [0.2, 0.25) is 0 Å². The van der Waals surface area contributed by atoms with E-state index in [0.29, 0.717) is 0 Å². The van der Waals surface area contributed by atoms with Gasteiger partial charge in [0, 0.05) is 29.0 Å². The fraction of sp³-hybridized carbons (Fsp3) is 0.286. The summed E-state index contributed by atoms with van der Waals surface area (Å²) in [5, 5.41) is 12.5. The van der Waals surface area contributed by atoms with E-state index >= 15 is 0 Å². The van der Waals surface area contributed by atoms with E-state index in [2.05, 4.69) is 30.1 Å². The molecule has 1 atom stereocenters. The summed E-state index contributed by atoms with van der Waals surface area (Å²) in [5.41, 5.74) is 6.71. The molecule has 0 aliphatic rings.